The van der Waals surface area contributed by atoms with E-state index in [0.29, 0.717) is 6.42 Å². The number of amides is 1. The standard InChI is InChI=1S/C28H36N6O6/c1-7-11-20-16-34(17-28(20,31-32-29)25(37)39-18(2)19-12-9-8-10-13-19)22-21(23(35)24(22)36)33(6)15-14-30-26(38)40-27(3,4)5/h7-10,12-13,18,20H,1,11,14-17H2,2-6H3,(H,30,38)/t18-,20+,28?/m1/s1. The van der Waals surface area contributed by atoms with Gasteiger partial charge in [-0.1, -0.05) is 41.5 Å². The van der Waals surface area contributed by atoms with Gasteiger partial charge in [0.25, 0.3) is 10.9 Å². The highest BCUT2D eigenvalue weighted by Crippen LogP contribution is 2.40. The Hall–Kier alpha value is -4.31. The first-order chi connectivity index (χ1) is 18.8. The second-order valence-corrected chi connectivity index (χ2v) is 10.9. The first-order valence-corrected chi connectivity index (χ1v) is 13.0. The maximum Gasteiger partial charge on any atom is 0.407 e. The van der Waals surface area contributed by atoms with Crippen molar-refractivity contribution in [1.29, 1.82) is 0 Å². The summed E-state index contributed by atoms with van der Waals surface area (Å²) in [6, 6.07) is 9.15. The Morgan fingerprint density at radius 2 is 1.98 bits per heavy atom. The van der Waals surface area contributed by atoms with Gasteiger partial charge in [0, 0.05) is 44.1 Å². The van der Waals surface area contributed by atoms with E-state index in [2.05, 4.69) is 21.9 Å². The number of carbonyl (C=O) groups is 2. The third-order valence-electron chi connectivity index (χ3n) is 6.80. The molecule has 1 unspecified atom stereocenters. The van der Waals surface area contributed by atoms with Crippen LogP contribution in [0.1, 0.15) is 45.8 Å². The van der Waals surface area contributed by atoms with Crippen LogP contribution in [0.3, 0.4) is 0 Å². The van der Waals surface area contributed by atoms with E-state index in [1.165, 1.54) is 0 Å². The Bertz CT molecular complexity index is 1360. The van der Waals surface area contributed by atoms with E-state index < -0.39 is 46.1 Å². The van der Waals surface area contributed by atoms with Crippen molar-refractivity contribution in [3.63, 3.8) is 0 Å². The number of nitrogens with one attached hydrogen (secondary N) is 1. The Morgan fingerprint density at radius 1 is 1.30 bits per heavy atom. The first-order valence-electron chi connectivity index (χ1n) is 13.0. The highest BCUT2D eigenvalue weighted by atomic mass is 16.6. The van der Waals surface area contributed by atoms with E-state index in [0.717, 1.165) is 5.56 Å². The Morgan fingerprint density at radius 3 is 2.58 bits per heavy atom. The summed E-state index contributed by atoms with van der Waals surface area (Å²) in [5.74, 6) is -1.26. The maximum atomic E-state index is 13.6. The Balaban J connectivity index is 1.83. The minimum atomic E-state index is -1.64. The lowest BCUT2D eigenvalue weighted by molar-refractivity contribution is -0.156. The zero-order valence-electron chi connectivity index (χ0n) is 23.5. The molecule has 214 valence electrons. The molecule has 1 fully saturated rings. The van der Waals surface area contributed by atoms with Crippen molar-refractivity contribution in [3.05, 3.63) is 79.4 Å². The number of alkyl carbamates (subject to hydrolysis) is 1. The summed E-state index contributed by atoms with van der Waals surface area (Å²) in [6.07, 6.45) is 0.717. The number of allylic oxidation sites excluding steroid dienone is 1. The number of benzene rings is 1. The molecule has 0 spiro atoms. The van der Waals surface area contributed by atoms with Gasteiger partial charge in [-0.05, 0) is 45.2 Å². The van der Waals surface area contributed by atoms with Gasteiger partial charge < -0.3 is 24.6 Å². The van der Waals surface area contributed by atoms with Gasteiger partial charge in [-0.15, -0.1) is 6.58 Å². The molecular formula is C28H36N6O6. The normalized spacial score (nSPS) is 19.4. The van der Waals surface area contributed by atoms with Crippen LogP contribution in [0.5, 0.6) is 0 Å². The number of esters is 1. The number of anilines is 2. The molecule has 1 heterocycles. The molecule has 0 radical (unpaired) electrons. The summed E-state index contributed by atoms with van der Waals surface area (Å²) in [6.45, 7) is 11.2. The molecule has 1 aliphatic heterocycles. The van der Waals surface area contributed by atoms with Gasteiger partial charge in [0.05, 0.1) is 0 Å². The number of azide groups is 1. The van der Waals surface area contributed by atoms with Crippen LogP contribution in [0, 0.1) is 5.92 Å². The largest absolute Gasteiger partial charge is 0.457 e. The van der Waals surface area contributed by atoms with Crippen LogP contribution in [-0.4, -0.2) is 56.4 Å². The molecule has 12 heteroatoms. The molecule has 40 heavy (non-hydrogen) atoms. The molecule has 2 aromatic rings. The second kappa shape index (κ2) is 12.3. The average molecular weight is 553 g/mol. The van der Waals surface area contributed by atoms with Crippen LogP contribution in [0.15, 0.2) is 57.7 Å². The van der Waals surface area contributed by atoms with E-state index in [1.807, 2.05) is 30.3 Å². The predicted molar refractivity (Wildman–Crippen MR) is 152 cm³/mol. The lowest BCUT2D eigenvalue weighted by atomic mass is 9.85. The van der Waals surface area contributed by atoms with E-state index >= 15 is 0 Å². The SMILES string of the molecule is C=CC[C@H]1CN(c2c(N(C)CCNC(=O)OC(C)(C)C)c(=O)c2=O)CC1(N=[N+]=[N-])C(=O)O[C@H](C)c1ccccc1. The lowest BCUT2D eigenvalue weighted by Crippen LogP contribution is -2.49. The molecule has 12 nitrogen and oxygen atoms in total. The first kappa shape index (κ1) is 30.2. The number of carbonyl (C=O) groups excluding carboxylic acids is 2. The quantitative estimate of drug-likeness (QED) is 0.111. The topological polar surface area (TPSA) is 154 Å². The van der Waals surface area contributed by atoms with Crippen molar-refractivity contribution >= 4 is 23.4 Å². The minimum Gasteiger partial charge on any atom is -0.457 e. The highest BCUT2D eigenvalue weighted by molar-refractivity contribution is 5.86. The predicted octanol–water partition coefficient (Wildman–Crippen LogP) is 3.61. The van der Waals surface area contributed by atoms with Crippen molar-refractivity contribution in [3.8, 4) is 0 Å². The molecule has 2 aromatic carbocycles. The van der Waals surface area contributed by atoms with Crippen LogP contribution in [-0.2, 0) is 14.3 Å². The van der Waals surface area contributed by atoms with Gasteiger partial charge in [0.1, 0.15) is 23.1 Å². The average Bonchev–Trinajstić information content (AvgIpc) is 3.24. The van der Waals surface area contributed by atoms with Crippen molar-refractivity contribution in [1.82, 2.24) is 5.32 Å². The van der Waals surface area contributed by atoms with Gasteiger partial charge in [-0.3, -0.25) is 14.4 Å². The van der Waals surface area contributed by atoms with Crippen molar-refractivity contribution in [2.45, 2.75) is 51.4 Å². The molecule has 1 saturated heterocycles. The van der Waals surface area contributed by atoms with Gasteiger partial charge in [0.2, 0.25) is 0 Å². The fourth-order valence-electron chi connectivity index (χ4n) is 4.83. The third kappa shape index (κ3) is 6.45. The molecule has 0 aromatic heterocycles. The number of hydrogen-bond donors (Lipinski definition) is 1. The fourth-order valence-corrected chi connectivity index (χ4v) is 4.83. The van der Waals surface area contributed by atoms with Gasteiger partial charge in [-0.2, -0.15) is 0 Å². The Kier molecular flexibility index (Phi) is 9.26. The summed E-state index contributed by atoms with van der Waals surface area (Å²) >= 11 is 0. The number of ether oxygens (including phenoxy) is 2. The van der Waals surface area contributed by atoms with E-state index in [4.69, 9.17) is 9.47 Å². The molecule has 0 aliphatic carbocycles. The summed E-state index contributed by atoms with van der Waals surface area (Å²) in [7, 11) is 1.63. The van der Waals surface area contributed by atoms with Crippen molar-refractivity contribution in [2.75, 3.05) is 43.0 Å². The smallest absolute Gasteiger partial charge is 0.407 e. The van der Waals surface area contributed by atoms with Crippen molar-refractivity contribution in [2.24, 2.45) is 11.0 Å². The third-order valence-corrected chi connectivity index (χ3v) is 6.80. The molecule has 3 atom stereocenters. The lowest BCUT2D eigenvalue weighted by Gasteiger charge is -2.30. The van der Waals surface area contributed by atoms with E-state index in [-0.39, 0.29) is 37.6 Å². The van der Waals surface area contributed by atoms with Crippen LogP contribution >= 0.6 is 0 Å². The van der Waals surface area contributed by atoms with E-state index in [9.17, 15) is 24.7 Å². The number of likely N-dealkylation sites (N-methyl/N-ethyl adjacent to an activating group) is 1. The maximum absolute atomic E-state index is 13.6. The summed E-state index contributed by atoms with van der Waals surface area (Å²) < 4.78 is 11.0. The Labute approximate surface area is 232 Å². The second-order valence-electron chi connectivity index (χ2n) is 10.9. The molecule has 0 saturated carbocycles. The summed E-state index contributed by atoms with van der Waals surface area (Å²) in [5, 5.41) is 6.55. The zero-order chi connectivity index (χ0) is 29.7. The zero-order valence-corrected chi connectivity index (χ0v) is 23.5. The fraction of sp³-hybridized carbons (Fsp3) is 0.500. The van der Waals surface area contributed by atoms with Crippen LogP contribution in [0.4, 0.5) is 16.2 Å². The van der Waals surface area contributed by atoms with Crippen LogP contribution in [0.2, 0.25) is 0 Å². The number of rotatable bonds is 11. The van der Waals surface area contributed by atoms with Crippen LogP contribution in [0.25, 0.3) is 10.4 Å². The van der Waals surface area contributed by atoms with Gasteiger partial charge in [-0.25, -0.2) is 4.79 Å². The van der Waals surface area contributed by atoms with E-state index in [1.54, 1.807) is 50.6 Å². The highest BCUT2D eigenvalue weighted by Gasteiger charge is 2.54. The summed E-state index contributed by atoms with van der Waals surface area (Å²) in [4.78, 5) is 57.1. The van der Waals surface area contributed by atoms with Gasteiger partial charge in [0.15, 0.2) is 5.54 Å². The number of hydrogen-bond acceptors (Lipinski definition) is 9. The van der Waals surface area contributed by atoms with Crippen LogP contribution < -0.4 is 26.0 Å². The number of nitrogens with zero attached hydrogens (tertiary/aromatic N) is 5. The molecule has 3 rings (SSSR count). The van der Waals surface area contributed by atoms with Gasteiger partial charge >= 0.3 is 12.1 Å². The molecule has 0 bridgehead atoms. The summed E-state index contributed by atoms with van der Waals surface area (Å²) in [5.41, 5.74) is 6.86. The molecule has 1 aliphatic rings. The van der Waals surface area contributed by atoms with Crippen molar-refractivity contribution < 1.29 is 19.1 Å². The minimum absolute atomic E-state index is 0.137. The molecular weight excluding hydrogens is 516 g/mol. The molecule has 1 N–H and O–H groups in total. The monoisotopic (exact) mass is 552 g/mol. The molecule has 1 amide bonds.